The normalized spacial score (nSPS) is 11.6. The summed E-state index contributed by atoms with van der Waals surface area (Å²) in [4.78, 5) is 24.1. The van der Waals surface area contributed by atoms with E-state index in [1.807, 2.05) is 0 Å². The zero-order valence-electron chi connectivity index (χ0n) is 14.9. The largest absolute Gasteiger partial charge is 0.449 e. The van der Waals surface area contributed by atoms with Crippen molar-refractivity contribution in [3.63, 3.8) is 0 Å². The third-order valence-electron chi connectivity index (χ3n) is 3.51. The lowest BCUT2D eigenvalue weighted by Gasteiger charge is -2.15. The van der Waals surface area contributed by atoms with Gasteiger partial charge in [-0.1, -0.05) is 12.1 Å². The first-order valence-corrected chi connectivity index (χ1v) is 8.30. The van der Waals surface area contributed by atoms with Crippen molar-refractivity contribution in [2.75, 3.05) is 11.9 Å². The smallest absolute Gasteiger partial charge is 0.387 e. The van der Waals surface area contributed by atoms with E-state index in [4.69, 9.17) is 4.74 Å². The zero-order valence-corrected chi connectivity index (χ0v) is 14.9. The van der Waals surface area contributed by atoms with Crippen molar-refractivity contribution < 1.29 is 27.8 Å². The van der Waals surface area contributed by atoms with Crippen molar-refractivity contribution in [1.29, 1.82) is 0 Å². The summed E-state index contributed by atoms with van der Waals surface area (Å²) in [5.74, 6) is -1.01. The van der Waals surface area contributed by atoms with Gasteiger partial charge in [-0.25, -0.2) is 4.79 Å². The summed E-state index contributed by atoms with van der Waals surface area (Å²) in [6.07, 6.45) is -0.934. The van der Waals surface area contributed by atoms with Gasteiger partial charge in [0.15, 0.2) is 6.10 Å². The second-order valence-electron chi connectivity index (χ2n) is 5.52. The van der Waals surface area contributed by atoms with Crippen LogP contribution in [0.2, 0.25) is 0 Å². The van der Waals surface area contributed by atoms with E-state index in [0.29, 0.717) is 17.9 Å². The number of hydrogen-bond donors (Lipinski definition) is 2. The molecular formula is C19H20F2N2O4. The summed E-state index contributed by atoms with van der Waals surface area (Å²) in [7, 11) is 0. The second-order valence-corrected chi connectivity index (χ2v) is 5.52. The minimum absolute atomic E-state index is 0.0269. The summed E-state index contributed by atoms with van der Waals surface area (Å²) in [5, 5.41) is 5.60. The first-order chi connectivity index (χ1) is 12.9. The fourth-order valence-corrected chi connectivity index (χ4v) is 2.24. The van der Waals surface area contributed by atoms with Crippen LogP contribution >= 0.6 is 0 Å². The number of amides is 1. The zero-order chi connectivity index (χ0) is 19.8. The molecule has 2 N–H and O–H groups in total. The number of likely N-dealkylation sites (N-methyl/N-ethyl adjacent to an activating group) is 1. The van der Waals surface area contributed by atoms with E-state index in [1.165, 1.54) is 31.2 Å². The molecule has 0 aliphatic carbocycles. The molecular weight excluding hydrogens is 358 g/mol. The number of hydrogen-bond acceptors (Lipinski definition) is 5. The third-order valence-corrected chi connectivity index (χ3v) is 3.51. The van der Waals surface area contributed by atoms with Crippen LogP contribution in [0.5, 0.6) is 5.75 Å². The summed E-state index contributed by atoms with van der Waals surface area (Å²) >= 11 is 0. The molecule has 2 rings (SSSR count). The van der Waals surface area contributed by atoms with Gasteiger partial charge < -0.3 is 20.1 Å². The monoisotopic (exact) mass is 378 g/mol. The Hall–Kier alpha value is -3.16. The average Bonchev–Trinajstić information content (AvgIpc) is 2.63. The van der Waals surface area contributed by atoms with Gasteiger partial charge in [-0.2, -0.15) is 8.78 Å². The number of carbonyl (C=O) groups is 2. The van der Waals surface area contributed by atoms with Crippen LogP contribution in [0.3, 0.4) is 0 Å². The van der Waals surface area contributed by atoms with E-state index < -0.39 is 18.7 Å². The molecule has 0 aliphatic heterocycles. The lowest BCUT2D eigenvalue weighted by atomic mass is 10.1. The topological polar surface area (TPSA) is 76.7 Å². The molecule has 0 radical (unpaired) electrons. The fourth-order valence-electron chi connectivity index (χ4n) is 2.24. The Morgan fingerprint density at radius 3 is 2.37 bits per heavy atom. The van der Waals surface area contributed by atoms with Gasteiger partial charge in [0, 0.05) is 12.2 Å². The average molecular weight is 378 g/mol. The van der Waals surface area contributed by atoms with Crippen LogP contribution in [0.4, 0.5) is 20.2 Å². The molecule has 144 valence electrons. The van der Waals surface area contributed by atoms with E-state index in [0.717, 1.165) is 0 Å². The maximum atomic E-state index is 12.4. The quantitative estimate of drug-likeness (QED) is 0.685. The number of ether oxygens (including phenoxy) is 2. The van der Waals surface area contributed by atoms with Crippen LogP contribution < -0.4 is 15.4 Å². The van der Waals surface area contributed by atoms with Crippen LogP contribution in [0.15, 0.2) is 48.5 Å². The van der Waals surface area contributed by atoms with E-state index in [1.54, 1.807) is 31.2 Å². The van der Waals surface area contributed by atoms with Crippen molar-refractivity contribution in [1.82, 2.24) is 5.32 Å². The molecule has 0 heterocycles. The lowest BCUT2D eigenvalue weighted by molar-refractivity contribution is -0.128. The van der Waals surface area contributed by atoms with Gasteiger partial charge >= 0.3 is 12.6 Å². The Kier molecular flexibility index (Phi) is 7.10. The highest BCUT2D eigenvalue weighted by Crippen LogP contribution is 2.24. The van der Waals surface area contributed by atoms with Crippen molar-refractivity contribution >= 4 is 23.3 Å². The minimum Gasteiger partial charge on any atom is -0.449 e. The number of rotatable bonds is 8. The highest BCUT2D eigenvalue weighted by atomic mass is 19.3. The molecule has 0 saturated carbocycles. The molecule has 0 unspecified atom stereocenters. The summed E-state index contributed by atoms with van der Waals surface area (Å²) < 4.78 is 33.9. The first kappa shape index (κ1) is 20.2. The maximum Gasteiger partial charge on any atom is 0.387 e. The number of benzene rings is 2. The Labute approximate surface area is 155 Å². The number of esters is 1. The number of carbonyl (C=O) groups excluding carboxylic acids is 2. The number of nitrogens with one attached hydrogen (secondary N) is 2. The Bertz CT molecular complexity index is 782. The highest BCUT2D eigenvalue weighted by molar-refractivity contribution is 5.98. The number of halogens is 2. The molecule has 2 aromatic carbocycles. The van der Waals surface area contributed by atoms with Gasteiger partial charge in [-0.15, -0.1) is 0 Å². The first-order valence-electron chi connectivity index (χ1n) is 8.30. The Morgan fingerprint density at radius 1 is 1.07 bits per heavy atom. The number of para-hydroxylation sites is 1. The Balaban J connectivity index is 2.11. The summed E-state index contributed by atoms with van der Waals surface area (Å²) in [5.41, 5.74) is 1.25. The van der Waals surface area contributed by atoms with Crippen LogP contribution in [0.25, 0.3) is 0 Å². The van der Waals surface area contributed by atoms with Gasteiger partial charge in [-0.3, -0.25) is 4.79 Å². The van der Waals surface area contributed by atoms with Crippen LogP contribution in [0.1, 0.15) is 24.2 Å². The van der Waals surface area contributed by atoms with Gasteiger partial charge in [0.05, 0.1) is 11.3 Å². The van der Waals surface area contributed by atoms with E-state index in [-0.39, 0.29) is 17.2 Å². The molecule has 6 nitrogen and oxygen atoms in total. The van der Waals surface area contributed by atoms with Crippen molar-refractivity contribution in [2.45, 2.75) is 26.6 Å². The lowest BCUT2D eigenvalue weighted by Crippen LogP contribution is -2.35. The van der Waals surface area contributed by atoms with Crippen molar-refractivity contribution in [3.05, 3.63) is 54.1 Å². The number of anilines is 2. The van der Waals surface area contributed by atoms with Crippen molar-refractivity contribution in [2.24, 2.45) is 0 Å². The predicted octanol–water partition coefficient (Wildman–Crippen LogP) is 3.71. The summed E-state index contributed by atoms with van der Waals surface area (Å²) in [6, 6.07) is 12.5. The molecule has 27 heavy (non-hydrogen) atoms. The molecule has 0 fully saturated rings. The third kappa shape index (κ3) is 5.95. The van der Waals surface area contributed by atoms with Crippen LogP contribution in [-0.4, -0.2) is 31.1 Å². The minimum atomic E-state index is -2.90. The fraction of sp³-hybridized carbons (Fsp3) is 0.263. The molecule has 0 spiro atoms. The standard InChI is InChI=1S/C19H20F2N2O4/c1-3-22-17(24)12(2)26-18(25)15-6-4-5-7-16(15)23-13-8-10-14(11-9-13)27-19(20)21/h4-12,19,23H,3H2,1-2H3,(H,22,24)/t12-/m1/s1. The van der Waals surface area contributed by atoms with E-state index in [9.17, 15) is 18.4 Å². The van der Waals surface area contributed by atoms with E-state index in [2.05, 4.69) is 15.4 Å². The number of alkyl halides is 2. The van der Waals surface area contributed by atoms with Crippen LogP contribution in [-0.2, 0) is 9.53 Å². The van der Waals surface area contributed by atoms with Crippen molar-refractivity contribution in [3.8, 4) is 5.75 Å². The molecule has 8 heteroatoms. The highest BCUT2D eigenvalue weighted by Gasteiger charge is 2.20. The SMILES string of the molecule is CCNC(=O)[C@@H](C)OC(=O)c1ccccc1Nc1ccc(OC(F)F)cc1. The second kappa shape index (κ2) is 9.51. The summed E-state index contributed by atoms with van der Waals surface area (Å²) in [6.45, 7) is 0.792. The molecule has 2 aromatic rings. The Morgan fingerprint density at radius 2 is 1.74 bits per heavy atom. The molecule has 1 atom stereocenters. The van der Waals surface area contributed by atoms with Gasteiger partial charge in [0.25, 0.3) is 5.91 Å². The molecule has 1 amide bonds. The molecule has 0 aromatic heterocycles. The van der Waals surface area contributed by atoms with Crippen LogP contribution in [0, 0.1) is 0 Å². The van der Waals surface area contributed by atoms with E-state index >= 15 is 0 Å². The molecule has 0 saturated heterocycles. The predicted molar refractivity (Wildman–Crippen MR) is 96.4 cm³/mol. The molecule has 0 bridgehead atoms. The van der Waals surface area contributed by atoms with Gasteiger partial charge in [0.1, 0.15) is 5.75 Å². The van der Waals surface area contributed by atoms with Gasteiger partial charge in [0.2, 0.25) is 0 Å². The van der Waals surface area contributed by atoms with Gasteiger partial charge in [-0.05, 0) is 50.2 Å². The molecule has 0 aliphatic rings. The maximum absolute atomic E-state index is 12.4.